The van der Waals surface area contributed by atoms with Crippen molar-refractivity contribution < 1.29 is 13.2 Å². The number of terminal acetylenes is 1. The third-order valence-corrected chi connectivity index (χ3v) is 7.66. The first kappa shape index (κ1) is 29.0. The molecule has 1 atom stereocenters. The highest BCUT2D eigenvalue weighted by molar-refractivity contribution is 5.99. The van der Waals surface area contributed by atoms with E-state index < -0.39 is 23.5 Å². The molecule has 0 amide bonds. The summed E-state index contributed by atoms with van der Waals surface area (Å²) in [5, 5.41) is 19.0. The number of aryl methyl sites for hydroxylation is 1. The third kappa shape index (κ3) is 5.40. The molecule has 5 rings (SSSR count). The van der Waals surface area contributed by atoms with Gasteiger partial charge in [0.15, 0.2) is 0 Å². The number of nitriles is 1. The number of hydrazine groups is 2. The van der Waals surface area contributed by atoms with Gasteiger partial charge in [-0.3, -0.25) is 9.99 Å². The smallest absolute Gasteiger partial charge is 0.269 e. The second kappa shape index (κ2) is 10.4. The molecule has 2 aromatic heterocycles. The van der Waals surface area contributed by atoms with Crippen molar-refractivity contribution in [3.05, 3.63) is 70.7 Å². The zero-order valence-corrected chi connectivity index (χ0v) is 24.2. The van der Waals surface area contributed by atoms with Crippen molar-refractivity contribution in [2.24, 2.45) is 5.41 Å². The van der Waals surface area contributed by atoms with Crippen molar-refractivity contribution in [2.75, 3.05) is 17.2 Å². The number of pyridine rings is 2. The van der Waals surface area contributed by atoms with Crippen LogP contribution in [0, 0.1) is 42.0 Å². The molecule has 1 aliphatic carbocycles. The van der Waals surface area contributed by atoms with Crippen LogP contribution in [0.1, 0.15) is 69.0 Å². The number of anilines is 2. The Balaban J connectivity index is 1.61. The SMILES string of the molecule is C#Cc1cnc2c(C#N)cc(N[C@H](C3=CN(C4(C(C)(F)F)CC4)NN3)c3ccc(F)nc3C)cc2c1NCC(C)(C)C. The predicted molar refractivity (Wildman–Crippen MR) is 156 cm³/mol. The minimum Gasteiger partial charge on any atom is -0.383 e. The van der Waals surface area contributed by atoms with Crippen molar-refractivity contribution in [3.63, 3.8) is 0 Å². The van der Waals surface area contributed by atoms with Crippen LogP contribution in [0.4, 0.5) is 24.5 Å². The molecule has 0 spiro atoms. The zero-order chi connectivity index (χ0) is 30.4. The summed E-state index contributed by atoms with van der Waals surface area (Å²) in [5.74, 6) is -0.900. The van der Waals surface area contributed by atoms with E-state index in [0.717, 1.165) is 6.92 Å². The van der Waals surface area contributed by atoms with E-state index >= 15 is 0 Å². The van der Waals surface area contributed by atoms with Crippen LogP contribution in [0.25, 0.3) is 10.9 Å². The summed E-state index contributed by atoms with van der Waals surface area (Å²) in [6.45, 7) is 9.49. The van der Waals surface area contributed by atoms with Gasteiger partial charge in [-0.1, -0.05) is 32.8 Å². The maximum absolute atomic E-state index is 14.5. The van der Waals surface area contributed by atoms with Crippen LogP contribution < -0.4 is 21.6 Å². The first-order valence-corrected chi connectivity index (χ1v) is 13.6. The minimum absolute atomic E-state index is 0.0543. The normalized spacial score (nSPS) is 16.7. The Labute approximate surface area is 243 Å². The molecular formula is C31H33F3N8. The topological polar surface area (TPSA) is 101 Å². The molecule has 4 N–H and O–H groups in total. The molecule has 1 fully saturated rings. The Morgan fingerprint density at radius 3 is 2.52 bits per heavy atom. The summed E-state index contributed by atoms with van der Waals surface area (Å²) in [6.07, 6.45) is 9.64. The van der Waals surface area contributed by atoms with Crippen LogP contribution in [0.5, 0.6) is 0 Å². The Morgan fingerprint density at radius 2 is 1.93 bits per heavy atom. The van der Waals surface area contributed by atoms with E-state index in [-0.39, 0.29) is 5.41 Å². The van der Waals surface area contributed by atoms with Crippen LogP contribution in [0.15, 0.2) is 42.4 Å². The lowest BCUT2D eigenvalue weighted by Gasteiger charge is -2.31. The maximum atomic E-state index is 14.5. The van der Waals surface area contributed by atoms with Gasteiger partial charge >= 0.3 is 0 Å². The van der Waals surface area contributed by atoms with E-state index in [4.69, 9.17) is 6.42 Å². The molecular weight excluding hydrogens is 541 g/mol. The summed E-state index contributed by atoms with van der Waals surface area (Å²) in [4.78, 5) is 8.46. The van der Waals surface area contributed by atoms with E-state index in [9.17, 15) is 18.4 Å². The van der Waals surface area contributed by atoms with E-state index in [1.807, 2.05) is 6.07 Å². The summed E-state index contributed by atoms with van der Waals surface area (Å²) >= 11 is 0. The number of nitrogens with zero attached hydrogens (tertiary/aromatic N) is 4. The molecule has 3 aromatic rings. The van der Waals surface area contributed by atoms with Gasteiger partial charge in [-0.05, 0) is 43.4 Å². The Kier molecular flexibility index (Phi) is 7.20. The largest absolute Gasteiger partial charge is 0.383 e. The monoisotopic (exact) mass is 574 g/mol. The molecule has 8 nitrogen and oxygen atoms in total. The summed E-state index contributed by atoms with van der Waals surface area (Å²) < 4.78 is 43.0. The standard InChI is InChI=1S/C31H33F3N8/c1-7-19-15-36-27-20(14-35)12-21(13-23(27)26(19)37-17-29(3,4)5)39-28(22-8-9-25(32)38-18(22)2)24-16-42(41-40-24)31(10-11-31)30(6,33)34/h1,8-9,12-13,15-16,28,39-41H,10-11,17H2,2-6H3,(H,36,37)/t28-/m0/s1. The second-order valence-corrected chi connectivity index (χ2v) is 12.1. The van der Waals surface area contributed by atoms with Crippen LogP contribution >= 0.6 is 0 Å². The number of fused-ring (bicyclic) bond motifs is 1. The number of benzene rings is 1. The zero-order valence-electron chi connectivity index (χ0n) is 24.2. The van der Waals surface area contributed by atoms with Crippen LogP contribution in [0.2, 0.25) is 0 Å². The summed E-state index contributed by atoms with van der Waals surface area (Å²) in [6, 6.07) is 7.91. The molecule has 1 aliphatic heterocycles. The van der Waals surface area contributed by atoms with Gasteiger partial charge in [-0.25, -0.2) is 13.8 Å². The first-order chi connectivity index (χ1) is 19.8. The molecule has 1 aromatic carbocycles. The van der Waals surface area contributed by atoms with Gasteiger partial charge in [0.2, 0.25) is 5.95 Å². The van der Waals surface area contributed by atoms with Crippen molar-refractivity contribution >= 4 is 22.3 Å². The summed E-state index contributed by atoms with van der Waals surface area (Å²) in [7, 11) is 0. The number of hydrogen-bond acceptors (Lipinski definition) is 8. The fraction of sp³-hybridized carbons (Fsp3) is 0.387. The summed E-state index contributed by atoms with van der Waals surface area (Å²) in [5.41, 5.74) is 8.64. The quantitative estimate of drug-likeness (QED) is 0.195. The average Bonchev–Trinajstić information content (AvgIpc) is 3.61. The minimum atomic E-state index is -2.94. The van der Waals surface area contributed by atoms with Gasteiger partial charge in [0.1, 0.15) is 11.6 Å². The fourth-order valence-electron chi connectivity index (χ4n) is 5.18. The highest BCUT2D eigenvalue weighted by Gasteiger charge is 2.63. The van der Waals surface area contributed by atoms with Gasteiger partial charge < -0.3 is 16.1 Å². The molecule has 2 aliphatic rings. The highest BCUT2D eigenvalue weighted by Crippen LogP contribution is 2.53. The van der Waals surface area contributed by atoms with Crippen molar-refractivity contribution in [2.45, 2.75) is 65.0 Å². The Hall–Kier alpha value is -4.48. The molecule has 42 heavy (non-hydrogen) atoms. The fourth-order valence-corrected chi connectivity index (χ4v) is 5.18. The third-order valence-electron chi connectivity index (χ3n) is 7.66. The van der Waals surface area contributed by atoms with Crippen molar-refractivity contribution in [1.82, 2.24) is 25.9 Å². The Bertz CT molecular complexity index is 1650. The number of aromatic nitrogens is 2. The van der Waals surface area contributed by atoms with Gasteiger partial charge in [-0.2, -0.15) is 9.65 Å². The van der Waals surface area contributed by atoms with E-state index in [1.165, 1.54) is 11.1 Å². The maximum Gasteiger partial charge on any atom is 0.269 e. The van der Waals surface area contributed by atoms with Crippen LogP contribution in [-0.4, -0.2) is 33.0 Å². The lowest BCUT2D eigenvalue weighted by Crippen LogP contribution is -2.52. The molecule has 0 bridgehead atoms. The molecule has 0 radical (unpaired) electrons. The highest BCUT2D eigenvalue weighted by atomic mass is 19.3. The van der Waals surface area contributed by atoms with Crippen LogP contribution in [0.3, 0.4) is 0 Å². The van der Waals surface area contributed by atoms with Gasteiger partial charge in [0.05, 0.1) is 34.1 Å². The molecule has 1 saturated carbocycles. The van der Waals surface area contributed by atoms with Crippen molar-refractivity contribution in [3.8, 4) is 18.4 Å². The lowest BCUT2D eigenvalue weighted by atomic mass is 9.96. The van der Waals surface area contributed by atoms with Gasteiger partial charge in [0, 0.05) is 48.2 Å². The predicted octanol–water partition coefficient (Wildman–Crippen LogP) is 5.90. The average molecular weight is 575 g/mol. The number of halogens is 3. The number of nitrogens with one attached hydrogen (secondary N) is 4. The Morgan fingerprint density at radius 1 is 1.19 bits per heavy atom. The second-order valence-electron chi connectivity index (χ2n) is 12.1. The number of rotatable bonds is 8. The van der Waals surface area contributed by atoms with Crippen LogP contribution in [-0.2, 0) is 0 Å². The van der Waals surface area contributed by atoms with Gasteiger partial charge in [0.25, 0.3) is 5.92 Å². The molecule has 218 valence electrons. The molecule has 11 heteroatoms. The number of alkyl halides is 2. The van der Waals surface area contributed by atoms with E-state index in [2.05, 4.69) is 64.3 Å². The molecule has 3 heterocycles. The molecule has 0 saturated heterocycles. The van der Waals surface area contributed by atoms with E-state index in [1.54, 1.807) is 31.5 Å². The lowest BCUT2D eigenvalue weighted by molar-refractivity contribution is -0.0811. The van der Waals surface area contributed by atoms with Crippen molar-refractivity contribution in [1.29, 1.82) is 5.26 Å². The first-order valence-electron chi connectivity index (χ1n) is 13.6. The van der Waals surface area contributed by atoms with Gasteiger partial charge in [-0.15, -0.1) is 12.0 Å². The number of hydrogen-bond donors (Lipinski definition) is 4. The van der Waals surface area contributed by atoms with E-state index in [0.29, 0.717) is 69.7 Å². The molecule has 0 unspecified atom stereocenters.